The smallest absolute Gasteiger partial charge is 0.164 e. The van der Waals surface area contributed by atoms with Crippen LogP contribution in [0.2, 0.25) is 0 Å². The molecule has 0 heterocycles. The van der Waals surface area contributed by atoms with Crippen LogP contribution in [0.1, 0.15) is 109 Å². The Kier molecular flexibility index (Phi) is 9.43. The van der Waals surface area contributed by atoms with Crippen molar-refractivity contribution >= 4 is 5.57 Å². The SMILES string of the molecule is CCCCC1CCC(CCC2CCC(CCC3(F)C=CC(c4ccccc4)=CC3F)CC2)CC1. The predicted octanol–water partition coefficient (Wildman–Crippen LogP) is 10.0. The Labute approximate surface area is 207 Å². The first-order valence-corrected chi connectivity index (χ1v) is 14.3. The van der Waals surface area contributed by atoms with E-state index in [2.05, 4.69) is 6.92 Å². The van der Waals surface area contributed by atoms with Crippen LogP contribution in [0.15, 0.2) is 48.6 Å². The predicted molar refractivity (Wildman–Crippen MR) is 141 cm³/mol. The fourth-order valence-corrected chi connectivity index (χ4v) is 6.72. The molecule has 2 saturated carbocycles. The van der Waals surface area contributed by atoms with E-state index in [0.717, 1.165) is 35.3 Å². The Hall–Kier alpha value is -1.44. The number of rotatable bonds is 10. The van der Waals surface area contributed by atoms with Crippen molar-refractivity contribution in [2.45, 2.75) is 115 Å². The summed E-state index contributed by atoms with van der Waals surface area (Å²) in [6.07, 6.45) is 22.2. The van der Waals surface area contributed by atoms with E-state index in [1.54, 1.807) is 6.08 Å². The molecule has 2 heteroatoms. The minimum absolute atomic E-state index is 0.305. The van der Waals surface area contributed by atoms with E-state index >= 15 is 4.39 Å². The van der Waals surface area contributed by atoms with Crippen LogP contribution in [0.25, 0.3) is 5.57 Å². The van der Waals surface area contributed by atoms with Crippen LogP contribution in [0.5, 0.6) is 0 Å². The van der Waals surface area contributed by atoms with Crippen molar-refractivity contribution in [3.8, 4) is 0 Å². The largest absolute Gasteiger partial charge is 0.239 e. The number of allylic oxidation sites excluding steroid dienone is 4. The van der Waals surface area contributed by atoms with Crippen LogP contribution in [-0.4, -0.2) is 11.8 Å². The zero-order valence-corrected chi connectivity index (χ0v) is 21.4. The maximum absolute atomic E-state index is 15.4. The normalized spacial score (nSPS) is 34.1. The number of benzene rings is 1. The first-order valence-electron chi connectivity index (χ1n) is 14.3. The molecule has 3 aliphatic carbocycles. The first-order chi connectivity index (χ1) is 16.6. The van der Waals surface area contributed by atoms with Crippen molar-refractivity contribution in [1.29, 1.82) is 0 Å². The standard InChI is InChI=1S/C32H46F2/c1-2-3-7-25-10-12-26(13-11-25)14-15-27-16-18-28(19-17-27)20-22-32(34)23-21-30(24-31(32)33)29-8-5-4-6-9-29/h4-6,8-9,21,23-28,31H,2-3,7,10-20,22H2,1H3. The molecule has 0 spiro atoms. The summed E-state index contributed by atoms with van der Waals surface area (Å²) in [7, 11) is 0. The van der Waals surface area contributed by atoms with Gasteiger partial charge in [0.15, 0.2) is 11.8 Å². The molecule has 0 aromatic heterocycles. The van der Waals surface area contributed by atoms with Gasteiger partial charge < -0.3 is 0 Å². The lowest BCUT2D eigenvalue weighted by Gasteiger charge is -2.33. The molecule has 0 amide bonds. The molecule has 0 saturated heterocycles. The molecule has 188 valence electrons. The Morgan fingerprint density at radius 2 is 1.29 bits per heavy atom. The Balaban J connectivity index is 1.13. The Morgan fingerprint density at radius 3 is 1.82 bits per heavy atom. The van der Waals surface area contributed by atoms with Gasteiger partial charge in [0, 0.05) is 0 Å². The van der Waals surface area contributed by atoms with Crippen molar-refractivity contribution < 1.29 is 8.78 Å². The maximum atomic E-state index is 15.4. The van der Waals surface area contributed by atoms with E-state index < -0.39 is 11.8 Å². The third kappa shape index (κ3) is 7.05. The second kappa shape index (κ2) is 12.5. The highest BCUT2D eigenvalue weighted by molar-refractivity contribution is 5.76. The van der Waals surface area contributed by atoms with Crippen molar-refractivity contribution in [2.75, 3.05) is 0 Å². The average Bonchev–Trinajstić information content (AvgIpc) is 2.88. The summed E-state index contributed by atoms with van der Waals surface area (Å²) in [5.41, 5.74) is -0.104. The Bertz CT molecular complexity index is 780. The zero-order valence-electron chi connectivity index (χ0n) is 21.4. The van der Waals surface area contributed by atoms with Gasteiger partial charge in [-0.3, -0.25) is 0 Å². The molecule has 0 nitrogen and oxygen atoms in total. The van der Waals surface area contributed by atoms with Crippen LogP contribution in [0, 0.1) is 23.7 Å². The molecular formula is C32H46F2. The molecule has 1 aromatic rings. The topological polar surface area (TPSA) is 0 Å². The monoisotopic (exact) mass is 468 g/mol. The van der Waals surface area contributed by atoms with Gasteiger partial charge in [0.25, 0.3) is 0 Å². The minimum Gasteiger partial charge on any atom is -0.239 e. The molecule has 0 bridgehead atoms. The summed E-state index contributed by atoms with van der Waals surface area (Å²) >= 11 is 0. The van der Waals surface area contributed by atoms with E-state index in [4.69, 9.17) is 0 Å². The molecule has 2 atom stereocenters. The lowest BCUT2D eigenvalue weighted by molar-refractivity contribution is 0.101. The fourth-order valence-electron chi connectivity index (χ4n) is 6.72. The van der Waals surface area contributed by atoms with Crippen LogP contribution in [0.4, 0.5) is 8.78 Å². The third-order valence-electron chi connectivity index (χ3n) is 9.25. The zero-order chi connectivity index (χ0) is 23.8. The molecule has 34 heavy (non-hydrogen) atoms. The van der Waals surface area contributed by atoms with Gasteiger partial charge in [-0.1, -0.05) is 127 Å². The summed E-state index contributed by atoms with van der Waals surface area (Å²) in [4.78, 5) is 0. The van der Waals surface area contributed by atoms with E-state index in [0.29, 0.717) is 12.3 Å². The summed E-state index contributed by atoms with van der Waals surface area (Å²) < 4.78 is 30.2. The summed E-state index contributed by atoms with van der Waals surface area (Å²) in [6.45, 7) is 2.31. The van der Waals surface area contributed by atoms with Crippen molar-refractivity contribution in [3.05, 3.63) is 54.1 Å². The number of hydrogen-bond acceptors (Lipinski definition) is 0. The van der Waals surface area contributed by atoms with Crippen LogP contribution >= 0.6 is 0 Å². The molecule has 0 aliphatic heterocycles. The van der Waals surface area contributed by atoms with Crippen LogP contribution < -0.4 is 0 Å². The molecule has 2 unspecified atom stereocenters. The van der Waals surface area contributed by atoms with Crippen molar-refractivity contribution in [1.82, 2.24) is 0 Å². The molecular weight excluding hydrogens is 422 g/mol. The highest BCUT2D eigenvalue weighted by Gasteiger charge is 2.39. The fraction of sp³-hybridized carbons (Fsp3) is 0.688. The lowest BCUT2D eigenvalue weighted by atomic mass is 9.73. The van der Waals surface area contributed by atoms with Gasteiger partial charge in [0.2, 0.25) is 0 Å². The first kappa shape index (κ1) is 25.6. The maximum Gasteiger partial charge on any atom is 0.164 e. The van der Waals surface area contributed by atoms with Gasteiger partial charge in [0.05, 0.1) is 0 Å². The van der Waals surface area contributed by atoms with Crippen LogP contribution in [0.3, 0.4) is 0 Å². The van der Waals surface area contributed by atoms with Gasteiger partial charge in [-0.15, -0.1) is 0 Å². The minimum atomic E-state index is -1.84. The van der Waals surface area contributed by atoms with E-state index in [-0.39, 0.29) is 0 Å². The van der Waals surface area contributed by atoms with Gasteiger partial charge in [0.1, 0.15) is 0 Å². The van der Waals surface area contributed by atoms with E-state index in [9.17, 15) is 4.39 Å². The van der Waals surface area contributed by atoms with Gasteiger partial charge in [-0.2, -0.15) is 0 Å². The molecule has 0 radical (unpaired) electrons. The number of halogens is 2. The lowest BCUT2D eigenvalue weighted by Crippen LogP contribution is -2.34. The number of hydrogen-bond donors (Lipinski definition) is 0. The molecule has 1 aromatic carbocycles. The van der Waals surface area contributed by atoms with Crippen LogP contribution in [-0.2, 0) is 0 Å². The second-order valence-electron chi connectivity index (χ2n) is 11.7. The summed E-state index contributed by atoms with van der Waals surface area (Å²) in [5, 5.41) is 0. The summed E-state index contributed by atoms with van der Waals surface area (Å²) in [6, 6.07) is 9.71. The molecule has 3 aliphatic rings. The van der Waals surface area contributed by atoms with Gasteiger partial charge in [-0.25, -0.2) is 8.78 Å². The third-order valence-corrected chi connectivity index (χ3v) is 9.25. The Morgan fingerprint density at radius 1 is 0.765 bits per heavy atom. The average molecular weight is 469 g/mol. The van der Waals surface area contributed by atoms with E-state index in [1.165, 1.54) is 95.6 Å². The quantitative estimate of drug-likeness (QED) is 0.320. The summed E-state index contributed by atoms with van der Waals surface area (Å²) in [5.74, 6) is 3.41. The van der Waals surface area contributed by atoms with Crippen molar-refractivity contribution in [2.24, 2.45) is 23.7 Å². The van der Waals surface area contributed by atoms with Crippen molar-refractivity contribution in [3.63, 3.8) is 0 Å². The van der Waals surface area contributed by atoms with Gasteiger partial charge >= 0.3 is 0 Å². The molecule has 4 rings (SSSR count). The second-order valence-corrected chi connectivity index (χ2v) is 11.7. The highest BCUT2D eigenvalue weighted by Crippen LogP contribution is 2.41. The molecule has 2 fully saturated rings. The molecule has 0 N–H and O–H groups in total. The highest BCUT2D eigenvalue weighted by atomic mass is 19.2. The van der Waals surface area contributed by atoms with Gasteiger partial charge in [-0.05, 0) is 59.8 Å². The number of alkyl halides is 2. The number of unbranched alkanes of at least 4 members (excludes halogenated alkanes) is 1. The van der Waals surface area contributed by atoms with E-state index in [1.807, 2.05) is 30.3 Å².